The zero-order chi connectivity index (χ0) is 20.6. The Bertz CT molecular complexity index is 787. The summed E-state index contributed by atoms with van der Waals surface area (Å²) in [7, 11) is 1.12. The summed E-state index contributed by atoms with van der Waals surface area (Å²) in [4.78, 5) is 23.4. The number of hydrogen-bond donors (Lipinski definition) is 0. The molecule has 0 saturated heterocycles. The number of esters is 1. The topological polar surface area (TPSA) is 52.6 Å². The number of carbonyl (C=O) groups excluding carboxylic acids is 2. The third-order valence-corrected chi connectivity index (χ3v) is 4.91. The molecule has 0 bridgehead atoms. The quantitative estimate of drug-likeness (QED) is 0.233. The Morgan fingerprint density at radius 1 is 1.04 bits per heavy atom. The van der Waals surface area contributed by atoms with Gasteiger partial charge in [0.25, 0.3) is 0 Å². The molecule has 1 aliphatic carbocycles. The summed E-state index contributed by atoms with van der Waals surface area (Å²) in [6.07, 6.45) is 2.38. The lowest BCUT2D eigenvalue weighted by atomic mass is 9.93. The Labute approximate surface area is 154 Å². The van der Waals surface area contributed by atoms with Crippen LogP contribution in [0.5, 0.6) is 0 Å². The van der Waals surface area contributed by atoms with E-state index < -0.39 is 64.4 Å². The van der Waals surface area contributed by atoms with Crippen LogP contribution in [0.15, 0.2) is 11.6 Å². The number of allylic oxidation sites excluding steroid dienone is 1. The smallest absolute Gasteiger partial charge is 0.316 e. The van der Waals surface area contributed by atoms with Crippen LogP contribution in [0.2, 0.25) is 0 Å². The van der Waals surface area contributed by atoms with Crippen LogP contribution in [0.25, 0.3) is 0 Å². The van der Waals surface area contributed by atoms with E-state index in [1.807, 2.05) is 0 Å². The molecule has 0 heterocycles. The maximum Gasteiger partial charge on any atom is 0.316 e. The van der Waals surface area contributed by atoms with Gasteiger partial charge in [-0.05, 0) is 24.3 Å². The minimum absolute atomic E-state index is 0.302. The van der Waals surface area contributed by atoms with Crippen molar-refractivity contribution in [1.29, 1.82) is 0 Å². The van der Waals surface area contributed by atoms with Gasteiger partial charge in [-0.25, -0.2) is 17.6 Å². The number of aldehydes is 1. The number of carbonyl (C=O) groups is 2. The maximum absolute atomic E-state index is 14.1. The van der Waals surface area contributed by atoms with Gasteiger partial charge in [0.15, 0.2) is 23.3 Å². The molecule has 1 atom stereocenters. The van der Waals surface area contributed by atoms with Gasteiger partial charge in [0.2, 0.25) is 0 Å². The first-order chi connectivity index (χ1) is 12.5. The highest BCUT2D eigenvalue weighted by atomic mass is 19.2. The minimum atomic E-state index is -1.64. The van der Waals surface area contributed by atoms with Crippen molar-refractivity contribution in [1.82, 2.24) is 0 Å². The van der Waals surface area contributed by atoms with Crippen molar-refractivity contribution < 1.29 is 36.6 Å². The molecule has 1 saturated carbocycles. The molecule has 1 aliphatic rings. The van der Waals surface area contributed by atoms with Crippen molar-refractivity contribution in [2.24, 2.45) is 10.8 Å². The molecule has 0 aromatic heterocycles. The van der Waals surface area contributed by atoms with Crippen LogP contribution in [0.4, 0.5) is 17.6 Å². The number of methoxy groups -OCH3 is 1. The van der Waals surface area contributed by atoms with Gasteiger partial charge in [0.05, 0.1) is 23.1 Å². The molecule has 27 heavy (non-hydrogen) atoms. The second-order valence-electron chi connectivity index (χ2n) is 7.26. The Kier molecular flexibility index (Phi) is 5.79. The highest BCUT2D eigenvalue weighted by molar-refractivity contribution is 5.86. The highest BCUT2D eigenvalue weighted by Gasteiger charge is 2.66. The van der Waals surface area contributed by atoms with Crippen molar-refractivity contribution >= 4 is 12.3 Å². The van der Waals surface area contributed by atoms with Gasteiger partial charge in [-0.1, -0.05) is 19.9 Å². The van der Waals surface area contributed by atoms with Crippen molar-refractivity contribution in [3.63, 3.8) is 0 Å². The second kappa shape index (κ2) is 7.42. The van der Waals surface area contributed by atoms with Crippen molar-refractivity contribution in [3.05, 3.63) is 46.0 Å². The molecule has 1 aromatic rings. The zero-order valence-corrected chi connectivity index (χ0v) is 15.4. The average Bonchev–Trinajstić information content (AvgIpc) is 3.18. The van der Waals surface area contributed by atoms with Gasteiger partial charge in [-0.2, -0.15) is 0 Å². The standard InChI is InChI=1S/C19H20F4O4/c1-10(6-24)5-19(9-18(19,2)3)17(25)27-8-12-15(22)13(20)11(7-26-4)14(21)16(12)23/h5-6H,7-9H2,1-4H3. The molecule has 1 unspecified atom stereocenters. The summed E-state index contributed by atoms with van der Waals surface area (Å²) in [6.45, 7) is 3.41. The maximum atomic E-state index is 14.1. The summed E-state index contributed by atoms with van der Waals surface area (Å²) < 4.78 is 65.6. The zero-order valence-electron chi connectivity index (χ0n) is 15.4. The summed E-state index contributed by atoms with van der Waals surface area (Å²) in [6, 6.07) is 0. The Balaban J connectivity index is 2.29. The molecular weight excluding hydrogens is 368 g/mol. The number of benzene rings is 1. The summed E-state index contributed by atoms with van der Waals surface area (Å²) in [5, 5.41) is 0. The lowest BCUT2D eigenvalue weighted by Gasteiger charge is -2.17. The minimum Gasteiger partial charge on any atom is -0.460 e. The summed E-state index contributed by atoms with van der Waals surface area (Å²) in [5.41, 5.74) is -3.26. The molecule has 0 N–H and O–H groups in total. The fraction of sp³-hybridized carbons (Fsp3) is 0.474. The molecule has 0 amide bonds. The van der Waals surface area contributed by atoms with Gasteiger partial charge >= 0.3 is 5.97 Å². The SMILES string of the molecule is COCc1c(F)c(F)c(COC(=O)C2(C=C(C)C=O)CC2(C)C)c(F)c1F. The number of rotatable bonds is 7. The Morgan fingerprint density at radius 2 is 1.48 bits per heavy atom. The monoisotopic (exact) mass is 388 g/mol. The largest absolute Gasteiger partial charge is 0.460 e. The number of ether oxygens (including phenoxy) is 2. The van der Waals surface area contributed by atoms with E-state index >= 15 is 0 Å². The number of hydrogen-bond acceptors (Lipinski definition) is 4. The molecule has 2 rings (SSSR count). The summed E-state index contributed by atoms with van der Waals surface area (Å²) >= 11 is 0. The van der Waals surface area contributed by atoms with Gasteiger partial charge in [0, 0.05) is 7.11 Å². The van der Waals surface area contributed by atoms with E-state index in [2.05, 4.69) is 4.74 Å². The lowest BCUT2D eigenvalue weighted by Crippen LogP contribution is -2.23. The van der Waals surface area contributed by atoms with Crippen LogP contribution < -0.4 is 0 Å². The van der Waals surface area contributed by atoms with Gasteiger partial charge in [-0.15, -0.1) is 0 Å². The predicted octanol–water partition coefficient (Wildman–Crippen LogP) is 3.99. The molecule has 0 aliphatic heterocycles. The van der Waals surface area contributed by atoms with Gasteiger partial charge < -0.3 is 9.47 Å². The summed E-state index contributed by atoms with van der Waals surface area (Å²) in [5.74, 6) is -7.30. The first-order valence-electron chi connectivity index (χ1n) is 8.17. The number of halogens is 4. The van der Waals surface area contributed by atoms with Crippen LogP contribution >= 0.6 is 0 Å². The Morgan fingerprint density at radius 3 is 1.85 bits per heavy atom. The van der Waals surface area contributed by atoms with Crippen molar-refractivity contribution in [2.45, 2.75) is 40.4 Å². The van der Waals surface area contributed by atoms with E-state index in [0.717, 1.165) is 7.11 Å². The van der Waals surface area contributed by atoms with E-state index in [4.69, 9.17) is 4.74 Å². The molecule has 1 aromatic carbocycles. The second-order valence-corrected chi connectivity index (χ2v) is 7.26. The van der Waals surface area contributed by atoms with Crippen molar-refractivity contribution in [3.8, 4) is 0 Å². The molecule has 1 fully saturated rings. The normalized spacial score (nSPS) is 21.1. The van der Waals surface area contributed by atoms with E-state index in [9.17, 15) is 27.2 Å². The molecule has 148 valence electrons. The third kappa shape index (κ3) is 3.63. The molecular formula is C19H20F4O4. The highest BCUT2D eigenvalue weighted by Crippen LogP contribution is 2.65. The van der Waals surface area contributed by atoms with Gasteiger partial charge in [-0.3, -0.25) is 9.59 Å². The molecule has 0 spiro atoms. The van der Waals surface area contributed by atoms with Gasteiger partial charge in [0.1, 0.15) is 12.9 Å². The van der Waals surface area contributed by atoms with Crippen molar-refractivity contribution in [2.75, 3.05) is 7.11 Å². The molecule has 4 nitrogen and oxygen atoms in total. The molecule has 8 heteroatoms. The van der Waals surface area contributed by atoms with Crippen LogP contribution in [0, 0.1) is 34.1 Å². The predicted molar refractivity (Wildman–Crippen MR) is 87.4 cm³/mol. The molecule has 0 radical (unpaired) electrons. The van der Waals surface area contributed by atoms with Crippen LogP contribution in [-0.4, -0.2) is 19.4 Å². The van der Waals surface area contributed by atoms with E-state index in [-0.39, 0.29) is 0 Å². The van der Waals surface area contributed by atoms with E-state index in [0.29, 0.717) is 18.3 Å². The van der Waals surface area contributed by atoms with E-state index in [1.165, 1.54) is 13.0 Å². The van der Waals surface area contributed by atoms with Crippen LogP contribution in [0.3, 0.4) is 0 Å². The first-order valence-corrected chi connectivity index (χ1v) is 8.17. The fourth-order valence-electron chi connectivity index (χ4n) is 3.12. The first kappa shape index (κ1) is 21.1. The van der Waals surface area contributed by atoms with E-state index in [1.54, 1.807) is 13.8 Å². The average molecular weight is 388 g/mol. The Hall–Kier alpha value is -2.22. The van der Waals surface area contributed by atoms with Crippen LogP contribution in [0.1, 0.15) is 38.3 Å². The third-order valence-electron chi connectivity index (χ3n) is 4.91. The van der Waals surface area contributed by atoms with Crippen LogP contribution in [-0.2, 0) is 32.3 Å². The lowest BCUT2D eigenvalue weighted by molar-refractivity contribution is -0.151. The fourth-order valence-corrected chi connectivity index (χ4v) is 3.12.